The van der Waals surface area contributed by atoms with Crippen molar-refractivity contribution in [3.8, 4) is 0 Å². The molecule has 1 aliphatic heterocycles. The number of hydrogen-bond acceptors (Lipinski definition) is 3. The monoisotopic (exact) mass is 381 g/mol. The summed E-state index contributed by atoms with van der Waals surface area (Å²) < 4.78 is 5.18. The first kappa shape index (κ1) is 10.0. The Morgan fingerprint density at radius 1 is 1.64 bits per heavy atom. The maximum Gasteiger partial charge on any atom is 0.0826 e. The number of hydrogen-bond donors (Lipinski definition) is 2. The van der Waals surface area contributed by atoms with Gasteiger partial charge in [0.05, 0.1) is 18.3 Å². The normalized spacial score (nSPS) is 47.5. The van der Waals surface area contributed by atoms with Gasteiger partial charge in [-0.25, -0.2) is 6.61 Å². The molecule has 1 aliphatic carbocycles. The van der Waals surface area contributed by atoms with E-state index >= 15 is 0 Å². The molecule has 1 saturated heterocycles. The molecule has 11 heavy (non-hydrogen) atoms. The minimum Gasteiger partial charge on any atom is -0.544 e. The van der Waals surface area contributed by atoms with Crippen LogP contribution in [0.4, 0.5) is 0 Å². The van der Waals surface area contributed by atoms with E-state index in [0.717, 1.165) is 12.8 Å². The van der Waals surface area contributed by atoms with Gasteiger partial charge in [0.2, 0.25) is 0 Å². The Bertz CT molecular complexity index is 143. The molecule has 3 nitrogen and oxygen atoms in total. The van der Waals surface area contributed by atoms with Crippen molar-refractivity contribution in [2.45, 2.75) is 24.5 Å². The molecule has 2 aliphatic rings. The van der Waals surface area contributed by atoms with Gasteiger partial charge in [0.25, 0.3) is 0 Å². The zero-order valence-corrected chi connectivity index (χ0v) is 10.3. The van der Waals surface area contributed by atoms with Gasteiger partial charge in [0.15, 0.2) is 0 Å². The van der Waals surface area contributed by atoms with E-state index in [2.05, 4.69) is 0 Å². The fourth-order valence-corrected chi connectivity index (χ4v) is 1.81. The van der Waals surface area contributed by atoms with Crippen LogP contribution in [0.3, 0.4) is 0 Å². The van der Waals surface area contributed by atoms with E-state index in [4.69, 9.17) is 9.84 Å². The quantitative estimate of drug-likeness (QED) is 0.613. The van der Waals surface area contributed by atoms with Gasteiger partial charge < -0.3 is 14.9 Å². The Morgan fingerprint density at radius 2 is 2.36 bits per heavy atom. The van der Waals surface area contributed by atoms with E-state index in [1.54, 1.807) is 6.61 Å². The standard InChI is InChI=1S/C7H11O3.U/c8-4-7-2-1-5(3-10-7)6(7)9;/h3,5-6,8-9H,1-2,4H2;/q-1;/t5-,6-,7+;/m0./s1. The van der Waals surface area contributed by atoms with Crippen LogP contribution in [0.2, 0.25) is 0 Å². The zero-order valence-electron chi connectivity index (χ0n) is 6.16. The van der Waals surface area contributed by atoms with Gasteiger partial charge in [-0.1, -0.05) is 6.42 Å². The van der Waals surface area contributed by atoms with Gasteiger partial charge >= 0.3 is 0 Å². The maximum absolute atomic E-state index is 9.46. The molecule has 2 fully saturated rings. The van der Waals surface area contributed by atoms with Crippen molar-refractivity contribution in [1.82, 2.24) is 0 Å². The molecule has 0 aromatic carbocycles. The first-order valence-electron chi connectivity index (χ1n) is 3.58. The fourth-order valence-electron chi connectivity index (χ4n) is 1.81. The third-order valence-corrected chi connectivity index (χ3v) is 2.59. The maximum atomic E-state index is 9.46. The summed E-state index contributed by atoms with van der Waals surface area (Å²) in [5.74, 6) is 0.159. The average Bonchev–Trinajstić information content (AvgIpc) is 2.46. The zero-order chi connectivity index (χ0) is 7.19. The van der Waals surface area contributed by atoms with Crippen LogP contribution in [-0.4, -0.2) is 28.5 Å². The van der Waals surface area contributed by atoms with E-state index in [9.17, 15) is 5.11 Å². The molecule has 0 radical (unpaired) electrons. The second kappa shape index (κ2) is 3.35. The predicted molar refractivity (Wildman–Crippen MR) is 33.9 cm³/mol. The summed E-state index contributed by atoms with van der Waals surface area (Å²) in [6.45, 7) is 1.59. The van der Waals surface area contributed by atoms with E-state index in [1.165, 1.54) is 0 Å². The van der Waals surface area contributed by atoms with Crippen molar-refractivity contribution in [1.29, 1.82) is 0 Å². The van der Waals surface area contributed by atoms with Gasteiger partial charge in [-0.3, -0.25) is 0 Å². The van der Waals surface area contributed by atoms with Crippen molar-refractivity contribution < 1.29 is 46.1 Å². The van der Waals surface area contributed by atoms with Gasteiger partial charge in [-0.15, -0.1) is 5.92 Å². The molecule has 4 heteroatoms. The Hall–Kier alpha value is 0.932. The topological polar surface area (TPSA) is 49.7 Å². The van der Waals surface area contributed by atoms with Crippen LogP contribution in [0.1, 0.15) is 12.8 Å². The molecule has 1 saturated carbocycles. The Labute approximate surface area is 89.5 Å². The Balaban J connectivity index is 0.000000605. The summed E-state index contributed by atoms with van der Waals surface area (Å²) >= 11 is 0. The average molecular weight is 381 g/mol. The summed E-state index contributed by atoms with van der Waals surface area (Å²) in [6, 6.07) is 0. The number of aliphatic hydroxyl groups excluding tert-OH is 2. The molecular weight excluding hydrogens is 370 g/mol. The minimum absolute atomic E-state index is 0. The van der Waals surface area contributed by atoms with Crippen LogP contribution in [0, 0.1) is 43.6 Å². The number of aliphatic hydroxyl groups is 2. The number of fused-ring (bicyclic) bond motifs is 2. The summed E-state index contributed by atoms with van der Waals surface area (Å²) in [4.78, 5) is 0. The molecule has 0 amide bonds. The second-order valence-electron chi connectivity index (χ2n) is 3.12. The largest absolute Gasteiger partial charge is 0.544 e. The van der Waals surface area contributed by atoms with Crippen molar-refractivity contribution in [2.24, 2.45) is 5.92 Å². The summed E-state index contributed by atoms with van der Waals surface area (Å²) in [5, 5.41) is 18.4. The van der Waals surface area contributed by atoms with Crippen LogP contribution in [0.25, 0.3) is 0 Å². The SMILES string of the molecule is OC[C@@]12CC[C@@H]([CH-]O1)[C@@H]2O.[U]. The molecule has 0 aromatic heterocycles. The molecule has 2 bridgehead atoms. The van der Waals surface area contributed by atoms with Crippen molar-refractivity contribution in [2.75, 3.05) is 6.61 Å². The van der Waals surface area contributed by atoms with Gasteiger partial charge in [0.1, 0.15) is 0 Å². The molecule has 0 unspecified atom stereocenters. The van der Waals surface area contributed by atoms with Gasteiger partial charge in [-0.2, -0.15) is 0 Å². The fraction of sp³-hybridized carbons (Fsp3) is 0.857. The van der Waals surface area contributed by atoms with Crippen molar-refractivity contribution >= 4 is 0 Å². The second-order valence-corrected chi connectivity index (χ2v) is 3.12. The van der Waals surface area contributed by atoms with E-state index in [1.807, 2.05) is 0 Å². The number of rotatable bonds is 1. The molecule has 62 valence electrons. The first-order valence-corrected chi connectivity index (χ1v) is 3.58. The third-order valence-electron chi connectivity index (χ3n) is 2.59. The molecule has 2 rings (SSSR count). The van der Waals surface area contributed by atoms with Gasteiger partial charge in [0, 0.05) is 31.1 Å². The van der Waals surface area contributed by atoms with E-state index in [-0.39, 0.29) is 43.6 Å². The van der Waals surface area contributed by atoms with E-state index in [0.29, 0.717) is 0 Å². The molecule has 3 atom stereocenters. The smallest absolute Gasteiger partial charge is 0.0826 e. The van der Waals surface area contributed by atoms with E-state index < -0.39 is 11.7 Å². The van der Waals surface area contributed by atoms with Crippen molar-refractivity contribution in [3.05, 3.63) is 6.61 Å². The number of ether oxygens (including phenoxy) is 1. The minimum atomic E-state index is -0.634. The molecule has 1 heterocycles. The van der Waals surface area contributed by atoms with Crippen LogP contribution >= 0.6 is 0 Å². The first-order chi connectivity index (χ1) is 4.78. The van der Waals surface area contributed by atoms with Crippen LogP contribution < -0.4 is 0 Å². The van der Waals surface area contributed by atoms with Gasteiger partial charge in [-0.05, 0) is 6.42 Å². The summed E-state index contributed by atoms with van der Waals surface area (Å²) in [5.41, 5.74) is -0.634. The van der Waals surface area contributed by atoms with Crippen molar-refractivity contribution in [3.63, 3.8) is 0 Å². The molecule has 2 N–H and O–H groups in total. The molecule has 0 aromatic rings. The molecular formula is C7H11O3U-. The molecule has 0 spiro atoms. The Morgan fingerprint density at radius 3 is 2.55 bits per heavy atom. The predicted octanol–water partition coefficient (Wildman–Crippen LogP) is -0.320. The summed E-state index contributed by atoms with van der Waals surface area (Å²) in [7, 11) is 0. The summed E-state index contributed by atoms with van der Waals surface area (Å²) in [6.07, 6.45) is 1.26. The Kier molecular flexibility index (Phi) is 3.05. The van der Waals surface area contributed by atoms with Crippen LogP contribution in [0.5, 0.6) is 0 Å². The van der Waals surface area contributed by atoms with Crippen LogP contribution in [0.15, 0.2) is 0 Å². The third kappa shape index (κ3) is 1.30. The van der Waals surface area contributed by atoms with Crippen LogP contribution in [-0.2, 0) is 4.74 Å².